The summed E-state index contributed by atoms with van der Waals surface area (Å²) >= 11 is 2.94. The number of benzene rings is 3. The number of carbonyl (C=O) groups excluding carboxylic acids is 1. The molecule has 0 N–H and O–H groups in total. The summed E-state index contributed by atoms with van der Waals surface area (Å²) in [5, 5.41) is 1.28. The zero-order valence-corrected chi connectivity index (χ0v) is 21.8. The zero-order chi connectivity index (χ0) is 25.2. The molecule has 0 atom stereocenters. The second kappa shape index (κ2) is 10.4. The number of hydrogen-bond acceptors (Lipinski definition) is 5. The van der Waals surface area contributed by atoms with E-state index in [0.29, 0.717) is 5.16 Å². The van der Waals surface area contributed by atoms with Crippen LogP contribution in [0.2, 0.25) is 0 Å². The Hall–Kier alpha value is -3.68. The molecule has 3 aromatic carbocycles. The van der Waals surface area contributed by atoms with Gasteiger partial charge in [0, 0.05) is 16.3 Å². The van der Waals surface area contributed by atoms with Crippen LogP contribution in [-0.2, 0) is 17.6 Å². The fourth-order valence-electron chi connectivity index (χ4n) is 4.87. The van der Waals surface area contributed by atoms with Crippen LogP contribution in [-0.4, -0.2) is 21.2 Å². The van der Waals surface area contributed by atoms with Gasteiger partial charge in [-0.15, -0.1) is 11.3 Å². The average Bonchev–Trinajstić information content (AvgIpc) is 3.32. The highest BCUT2D eigenvalue weighted by Crippen LogP contribution is 2.35. The summed E-state index contributed by atoms with van der Waals surface area (Å²) in [5.41, 5.74) is 3.48. The largest absolute Gasteiger partial charge is 0.280 e. The number of anilines is 2. The highest BCUT2D eigenvalue weighted by molar-refractivity contribution is 7.99. The molecular formula is C30H25N3O2S2. The summed E-state index contributed by atoms with van der Waals surface area (Å²) in [5.74, 6) is 0.0569. The molecule has 0 unspecified atom stereocenters. The molecule has 0 saturated heterocycles. The van der Waals surface area contributed by atoms with Gasteiger partial charge < -0.3 is 0 Å². The van der Waals surface area contributed by atoms with E-state index in [9.17, 15) is 9.59 Å². The lowest BCUT2D eigenvalue weighted by atomic mass is 9.97. The quantitative estimate of drug-likeness (QED) is 0.182. The minimum absolute atomic E-state index is 0.0477. The van der Waals surface area contributed by atoms with E-state index in [0.717, 1.165) is 53.0 Å². The standard InChI is InChI=1S/C30H25N3O2S2/c34-26(32(21-12-4-1-5-13-21)22-14-6-2-7-15-22)20-36-30-31-28-27(24-18-10-11-19-25(24)37-28)29(35)33(30)23-16-8-3-9-17-23/h1-9,12-17H,10-11,18-20H2. The number of rotatable bonds is 6. The van der Waals surface area contributed by atoms with Crippen molar-refractivity contribution >= 4 is 50.6 Å². The lowest BCUT2D eigenvalue weighted by molar-refractivity contribution is -0.115. The third-order valence-corrected chi connectivity index (χ3v) is 8.68. The predicted molar refractivity (Wildman–Crippen MR) is 153 cm³/mol. The SMILES string of the molecule is O=C(CSc1nc2sc3c(c2c(=O)n1-c1ccccc1)CCCC3)N(c1ccccc1)c1ccccc1. The number of amides is 1. The molecular weight excluding hydrogens is 498 g/mol. The second-order valence-corrected chi connectivity index (χ2v) is 11.0. The third kappa shape index (κ3) is 4.61. The van der Waals surface area contributed by atoms with E-state index < -0.39 is 0 Å². The summed E-state index contributed by atoms with van der Waals surface area (Å²) in [6.07, 6.45) is 4.18. The van der Waals surface area contributed by atoms with E-state index >= 15 is 0 Å². The number of fused-ring (bicyclic) bond motifs is 3. The fourth-order valence-corrected chi connectivity index (χ4v) is 7.03. The van der Waals surface area contributed by atoms with Crippen LogP contribution < -0.4 is 10.5 Å². The number of hydrogen-bond donors (Lipinski definition) is 0. The molecule has 7 heteroatoms. The van der Waals surface area contributed by atoms with Gasteiger partial charge >= 0.3 is 0 Å². The maximum Gasteiger partial charge on any atom is 0.267 e. The molecule has 1 aliphatic rings. The number of aromatic nitrogens is 2. The van der Waals surface area contributed by atoms with Gasteiger partial charge in [-0.2, -0.15) is 0 Å². The highest BCUT2D eigenvalue weighted by Gasteiger charge is 2.24. The Morgan fingerprint density at radius 3 is 2.11 bits per heavy atom. The Morgan fingerprint density at radius 1 is 0.865 bits per heavy atom. The summed E-state index contributed by atoms with van der Waals surface area (Å²) in [6, 6.07) is 28.9. The summed E-state index contributed by atoms with van der Waals surface area (Å²) in [7, 11) is 0. The number of aryl methyl sites for hydroxylation is 2. The molecule has 2 heterocycles. The Balaban J connectivity index is 1.40. The highest BCUT2D eigenvalue weighted by atomic mass is 32.2. The molecule has 0 bridgehead atoms. The van der Waals surface area contributed by atoms with Gasteiger partial charge in [-0.1, -0.05) is 66.4 Å². The first-order chi connectivity index (χ1) is 18.2. The van der Waals surface area contributed by atoms with Crippen molar-refractivity contribution in [2.24, 2.45) is 0 Å². The maximum absolute atomic E-state index is 13.9. The molecule has 0 fully saturated rings. The van der Waals surface area contributed by atoms with Gasteiger partial charge in [-0.25, -0.2) is 4.98 Å². The molecule has 0 spiro atoms. The lowest BCUT2D eigenvalue weighted by Crippen LogP contribution is -2.28. The van der Waals surface area contributed by atoms with Crippen LogP contribution in [0.15, 0.2) is 101 Å². The number of thioether (sulfide) groups is 1. The first-order valence-electron chi connectivity index (χ1n) is 12.4. The second-order valence-electron chi connectivity index (χ2n) is 8.95. The van der Waals surface area contributed by atoms with Gasteiger partial charge in [0.15, 0.2) is 5.16 Å². The molecule has 0 saturated carbocycles. The number of thiophene rings is 1. The molecule has 1 aliphatic carbocycles. The van der Waals surface area contributed by atoms with Crippen molar-refractivity contribution in [3.05, 3.63) is 112 Å². The van der Waals surface area contributed by atoms with Crippen LogP contribution in [0.5, 0.6) is 0 Å². The van der Waals surface area contributed by atoms with Crippen LogP contribution in [0, 0.1) is 0 Å². The Bertz CT molecular complexity index is 1570. The van der Waals surface area contributed by atoms with Gasteiger partial charge in [0.05, 0.1) is 16.8 Å². The van der Waals surface area contributed by atoms with Crippen molar-refractivity contribution in [3.8, 4) is 5.69 Å². The van der Waals surface area contributed by atoms with Crippen LogP contribution in [0.1, 0.15) is 23.3 Å². The minimum Gasteiger partial charge on any atom is -0.280 e. The van der Waals surface area contributed by atoms with Crippen molar-refractivity contribution in [2.75, 3.05) is 10.7 Å². The molecule has 5 aromatic rings. The van der Waals surface area contributed by atoms with Crippen molar-refractivity contribution in [1.29, 1.82) is 0 Å². The summed E-state index contributed by atoms with van der Waals surface area (Å²) < 4.78 is 1.68. The average molecular weight is 524 g/mol. The maximum atomic E-state index is 13.9. The lowest BCUT2D eigenvalue weighted by Gasteiger charge is -2.23. The number of nitrogens with zero attached hydrogens (tertiary/aromatic N) is 3. The van der Waals surface area contributed by atoms with E-state index in [1.54, 1.807) is 20.8 Å². The normalized spacial score (nSPS) is 12.9. The predicted octanol–water partition coefficient (Wildman–Crippen LogP) is 6.78. The van der Waals surface area contributed by atoms with Crippen molar-refractivity contribution in [2.45, 2.75) is 30.8 Å². The Morgan fingerprint density at radius 2 is 1.46 bits per heavy atom. The summed E-state index contributed by atoms with van der Waals surface area (Å²) in [6.45, 7) is 0. The Kier molecular flexibility index (Phi) is 6.64. The topological polar surface area (TPSA) is 55.2 Å². The van der Waals surface area contributed by atoms with Crippen LogP contribution in [0.4, 0.5) is 11.4 Å². The van der Waals surface area contributed by atoms with E-state index in [4.69, 9.17) is 4.98 Å². The van der Waals surface area contributed by atoms with E-state index in [-0.39, 0.29) is 17.2 Å². The van der Waals surface area contributed by atoms with Crippen LogP contribution in [0.3, 0.4) is 0 Å². The molecule has 0 aliphatic heterocycles. The van der Waals surface area contributed by atoms with Crippen molar-refractivity contribution < 1.29 is 4.79 Å². The Labute approximate surface area is 223 Å². The van der Waals surface area contributed by atoms with Gasteiger partial charge in [-0.05, 0) is 67.6 Å². The molecule has 6 rings (SSSR count). The first-order valence-corrected chi connectivity index (χ1v) is 14.2. The van der Waals surface area contributed by atoms with Crippen molar-refractivity contribution in [1.82, 2.24) is 9.55 Å². The molecule has 1 amide bonds. The molecule has 37 heavy (non-hydrogen) atoms. The van der Waals surface area contributed by atoms with Gasteiger partial charge in [0.1, 0.15) is 4.83 Å². The number of para-hydroxylation sites is 3. The molecule has 5 nitrogen and oxygen atoms in total. The fraction of sp³-hybridized carbons (Fsp3) is 0.167. The third-order valence-electron chi connectivity index (χ3n) is 6.58. The minimum atomic E-state index is -0.0816. The van der Waals surface area contributed by atoms with E-state index in [2.05, 4.69) is 0 Å². The molecule has 2 aromatic heterocycles. The summed E-state index contributed by atoms with van der Waals surface area (Å²) in [4.78, 5) is 36.3. The number of carbonyl (C=O) groups is 1. The van der Waals surface area contributed by atoms with Gasteiger partial charge in [0.2, 0.25) is 5.91 Å². The van der Waals surface area contributed by atoms with Crippen molar-refractivity contribution in [3.63, 3.8) is 0 Å². The van der Waals surface area contributed by atoms with Crippen LogP contribution in [0.25, 0.3) is 15.9 Å². The smallest absolute Gasteiger partial charge is 0.267 e. The van der Waals surface area contributed by atoms with Gasteiger partial charge in [-0.3, -0.25) is 19.1 Å². The first kappa shape index (κ1) is 23.7. The van der Waals surface area contributed by atoms with Gasteiger partial charge in [0.25, 0.3) is 5.56 Å². The van der Waals surface area contributed by atoms with E-state index in [1.807, 2.05) is 91.0 Å². The monoisotopic (exact) mass is 523 g/mol. The zero-order valence-electron chi connectivity index (χ0n) is 20.2. The molecule has 184 valence electrons. The molecule has 0 radical (unpaired) electrons. The van der Waals surface area contributed by atoms with E-state index in [1.165, 1.54) is 22.2 Å². The van der Waals surface area contributed by atoms with Crippen LogP contribution >= 0.6 is 23.1 Å².